The Balaban J connectivity index is 2.46. The third-order valence-corrected chi connectivity index (χ3v) is 4.43. The predicted molar refractivity (Wildman–Crippen MR) is 90.4 cm³/mol. The third-order valence-electron chi connectivity index (χ3n) is 4.43. The molecular weight excluding hydrogens is 310 g/mol. The monoisotopic (exact) mass is 342 g/mol. The lowest BCUT2D eigenvalue weighted by molar-refractivity contribution is -0.886. The Kier molecular flexibility index (Phi) is 8.18. The zero-order valence-corrected chi connectivity index (χ0v) is 15.6. The van der Waals surface area contributed by atoms with Gasteiger partial charge in [-0.15, -0.1) is 0 Å². The Morgan fingerprint density at radius 1 is 1.21 bits per heavy atom. The van der Waals surface area contributed by atoms with Gasteiger partial charge in [0.15, 0.2) is 12.6 Å². The molecule has 0 saturated carbocycles. The van der Waals surface area contributed by atoms with E-state index in [0.717, 1.165) is 4.90 Å². The number of carbonyl (C=O) groups is 3. The first-order valence-corrected chi connectivity index (χ1v) is 8.83. The van der Waals surface area contributed by atoms with Crippen molar-refractivity contribution in [2.75, 3.05) is 33.3 Å². The van der Waals surface area contributed by atoms with Gasteiger partial charge in [0.2, 0.25) is 0 Å². The number of piperidine rings is 1. The highest BCUT2D eigenvalue weighted by atomic mass is 16.5. The van der Waals surface area contributed by atoms with Crippen molar-refractivity contribution in [3.05, 3.63) is 0 Å². The van der Waals surface area contributed by atoms with E-state index in [0.29, 0.717) is 32.5 Å². The summed E-state index contributed by atoms with van der Waals surface area (Å²) in [7, 11) is 1.85. The molecule has 0 aromatic rings. The van der Waals surface area contributed by atoms with Gasteiger partial charge < -0.3 is 19.9 Å². The summed E-state index contributed by atoms with van der Waals surface area (Å²) in [5.74, 6) is -0.285. The molecule has 0 bridgehead atoms. The van der Waals surface area contributed by atoms with Gasteiger partial charge in [-0.3, -0.25) is 14.4 Å². The van der Waals surface area contributed by atoms with Gasteiger partial charge in [0, 0.05) is 19.1 Å². The number of nitrogens with one attached hydrogen (secondary N) is 2. The molecule has 7 nitrogen and oxygen atoms in total. The zero-order valence-electron chi connectivity index (χ0n) is 15.6. The number of nitrogens with zero attached hydrogens (tertiary/aromatic N) is 1. The number of hydrogen-bond acceptors (Lipinski definition) is 4. The molecule has 1 fully saturated rings. The number of likely N-dealkylation sites (tertiary alicyclic amines) is 1. The average Bonchev–Trinajstić information content (AvgIpc) is 2.52. The Hall–Kier alpha value is -1.63. The highest BCUT2D eigenvalue weighted by Crippen LogP contribution is 2.19. The van der Waals surface area contributed by atoms with Crippen LogP contribution in [0.4, 0.5) is 0 Å². The molecule has 2 atom stereocenters. The van der Waals surface area contributed by atoms with E-state index >= 15 is 0 Å². The van der Waals surface area contributed by atoms with E-state index in [4.69, 9.17) is 4.74 Å². The van der Waals surface area contributed by atoms with Gasteiger partial charge in [-0.1, -0.05) is 0 Å². The summed E-state index contributed by atoms with van der Waals surface area (Å²) in [5, 5.41) is 2.84. The van der Waals surface area contributed by atoms with Crippen molar-refractivity contribution in [1.29, 1.82) is 0 Å². The highest BCUT2D eigenvalue weighted by Gasteiger charge is 2.33. The van der Waals surface area contributed by atoms with Crippen LogP contribution in [0, 0.1) is 5.92 Å². The van der Waals surface area contributed by atoms with Crippen LogP contribution >= 0.6 is 0 Å². The molecule has 24 heavy (non-hydrogen) atoms. The summed E-state index contributed by atoms with van der Waals surface area (Å²) >= 11 is 0. The molecule has 1 aliphatic heterocycles. The number of carbonyl (C=O) groups excluding carboxylic acids is 3. The first-order chi connectivity index (χ1) is 11.3. The maximum Gasteiger partial charge on any atom is 0.309 e. The summed E-state index contributed by atoms with van der Waals surface area (Å²) in [5.41, 5.74) is 0. The van der Waals surface area contributed by atoms with Crippen molar-refractivity contribution in [1.82, 2.24) is 10.2 Å². The minimum Gasteiger partial charge on any atom is -0.466 e. The smallest absolute Gasteiger partial charge is 0.309 e. The minimum atomic E-state index is -0.290. The maximum atomic E-state index is 12.6. The van der Waals surface area contributed by atoms with Crippen LogP contribution in [0.3, 0.4) is 0 Å². The second-order valence-corrected chi connectivity index (χ2v) is 6.82. The quantitative estimate of drug-likeness (QED) is 0.595. The van der Waals surface area contributed by atoms with E-state index in [1.807, 2.05) is 27.8 Å². The van der Waals surface area contributed by atoms with E-state index < -0.39 is 0 Å². The Labute approximate surface area is 144 Å². The van der Waals surface area contributed by atoms with Gasteiger partial charge in [0.05, 0.1) is 19.6 Å². The summed E-state index contributed by atoms with van der Waals surface area (Å²) in [6, 6.07) is -0.194. The van der Waals surface area contributed by atoms with Crippen molar-refractivity contribution in [3.8, 4) is 0 Å². The van der Waals surface area contributed by atoms with Crippen LogP contribution in [-0.2, 0) is 19.1 Å². The summed E-state index contributed by atoms with van der Waals surface area (Å²) in [6.07, 6.45) is 1.29. The molecule has 0 radical (unpaired) electrons. The molecule has 7 heteroatoms. The maximum absolute atomic E-state index is 12.6. The second kappa shape index (κ2) is 9.61. The largest absolute Gasteiger partial charge is 0.466 e. The summed E-state index contributed by atoms with van der Waals surface area (Å²) < 4.78 is 5.05. The molecule has 0 aliphatic carbocycles. The van der Waals surface area contributed by atoms with Crippen LogP contribution in [-0.4, -0.2) is 68.1 Å². The zero-order chi connectivity index (χ0) is 18.3. The SMILES string of the molecule is CCOC(=O)C1CCN(C(=O)[C@H](C)[NH+](C)CC(=O)NC(C)C)CC1. The lowest BCUT2D eigenvalue weighted by Crippen LogP contribution is -3.15. The predicted octanol–water partition coefficient (Wildman–Crippen LogP) is -0.784. The van der Waals surface area contributed by atoms with Gasteiger partial charge in [-0.05, 0) is 40.5 Å². The second-order valence-electron chi connectivity index (χ2n) is 6.82. The first-order valence-electron chi connectivity index (χ1n) is 8.83. The molecule has 2 N–H and O–H groups in total. The van der Waals surface area contributed by atoms with Gasteiger partial charge in [-0.25, -0.2) is 0 Å². The van der Waals surface area contributed by atoms with Crippen molar-refractivity contribution >= 4 is 17.8 Å². The minimum absolute atomic E-state index is 0.0344. The van der Waals surface area contributed by atoms with Gasteiger partial charge in [-0.2, -0.15) is 0 Å². The van der Waals surface area contributed by atoms with Crippen LogP contribution < -0.4 is 10.2 Å². The molecule has 138 valence electrons. The van der Waals surface area contributed by atoms with E-state index in [1.54, 1.807) is 11.8 Å². The van der Waals surface area contributed by atoms with Crippen molar-refractivity contribution in [2.45, 2.75) is 52.6 Å². The molecule has 0 aromatic carbocycles. The number of likely N-dealkylation sites (N-methyl/N-ethyl adjacent to an activating group) is 1. The third kappa shape index (κ3) is 6.11. The fraction of sp³-hybridized carbons (Fsp3) is 0.824. The van der Waals surface area contributed by atoms with E-state index in [1.165, 1.54) is 0 Å². The van der Waals surface area contributed by atoms with Gasteiger partial charge in [0.1, 0.15) is 0 Å². The van der Waals surface area contributed by atoms with Crippen molar-refractivity contribution in [3.63, 3.8) is 0 Å². The fourth-order valence-corrected chi connectivity index (χ4v) is 2.86. The van der Waals surface area contributed by atoms with Crippen LogP contribution in [0.1, 0.15) is 40.5 Å². The topological polar surface area (TPSA) is 80.2 Å². The standard InChI is InChI=1S/C17H31N3O4/c1-6-24-17(23)14-7-9-20(10-8-14)16(22)13(4)19(5)11-15(21)18-12(2)3/h12-14H,6-11H2,1-5H3,(H,18,21)/p+1/t13-/m0/s1. The number of rotatable bonds is 7. The number of ether oxygens (including phenoxy) is 1. The van der Waals surface area contributed by atoms with Crippen LogP contribution in [0.25, 0.3) is 0 Å². The highest BCUT2D eigenvalue weighted by molar-refractivity contribution is 5.81. The molecule has 1 aliphatic rings. The van der Waals surface area contributed by atoms with Gasteiger partial charge >= 0.3 is 5.97 Å². The molecule has 2 amide bonds. The van der Waals surface area contributed by atoms with Gasteiger partial charge in [0.25, 0.3) is 11.8 Å². The normalized spacial score (nSPS) is 18.2. The number of amides is 2. The van der Waals surface area contributed by atoms with E-state index in [2.05, 4.69) is 5.32 Å². The van der Waals surface area contributed by atoms with Crippen LogP contribution in [0.2, 0.25) is 0 Å². The lowest BCUT2D eigenvalue weighted by atomic mass is 9.96. The first kappa shape index (κ1) is 20.4. The number of quaternary nitrogens is 1. The van der Waals surface area contributed by atoms with E-state index in [9.17, 15) is 14.4 Å². The van der Waals surface area contributed by atoms with Crippen molar-refractivity contribution < 1.29 is 24.0 Å². The molecule has 1 unspecified atom stereocenters. The average molecular weight is 342 g/mol. The van der Waals surface area contributed by atoms with Crippen LogP contribution in [0.15, 0.2) is 0 Å². The molecule has 1 saturated heterocycles. The fourth-order valence-electron chi connectivity index (χ4n) is 2.86. The van der Waals surface area contributed by atoms with Crippen LogP contribution in [0.5, 0.6) is 0 Å². The molecular formula is C17H32N3O4+. The molecule has 1 rings (SSSR count). The molecule has 0 spiro atoms. The number of hydrogen-bond donors (Lipinski definition) is 2. The lowest BCUT2D eigenvalue weighted by Gasteiger charge is -2.33. The molecule has 1 heterocycles. The molecule has 0 aromatic heterocycles. The Morgan fingerprint density at radius 3 is 2.29 bits per heavy atom. The Morgan fingerprint density at radius 2 is 1.79 bits per heavy atom. The number of esters is 1. The summed E-state index contributed by atoms with van der Waals surface area (Å²) in [4.78, 5) is 38.9. The summed E-state index contributed by atoms with van der Waals surface area (Å²) in [6.45, 7) is 9.26. The van der Waals surface area contributed by atoms with Crippen molar-refractivity contribution in [2.24, 2.45) is 5.92 Å². The Bertz CT molecular complexity index is 445. The van der Waals surface area contributed by atoms with E-state index in [-0.39, 0.29) is 42.3 Å².